The van der Waals surface area contributed by atoms with Gasteiger partial charge in [0.15, 0.2) is 11.2 Å². The standard InChI is InChI=1S/C13H12N6O2/c1-18-10-9(11(20)19(2)13(18)21)14-12(15-10)17-16-8-6-4-3-5-7-8/h3-7H,1-2H3,(H,14,15). The number of azo groups is 1. The fourth-order valence-electron chi connectivity index (χ4n) is 1.96. The number of H-pyrrole nitrogens is 1. The second-order valence-electron chi connectivity index (χ2n) is 4.50. The van der Waals surface area contributed by atoms with Gasteiger partial charge in [-0.05, 0) is 12.1 Å². The van der Waals surface area contributed by atoms with Gasteiger partial charge in [0, 0.05) is 14.1 Å². The zero-order valence-corrected chi connectivity index (χ0v) is 11.4. The van der Waals surface area contributed by atoms with E-state index in [1.54, 1.807) is 19.2 Å². The molecule has 0 atom stereocenters. The van der Waals surface area contributed by atoms with Crippen molar-refractivity contribution >= 4 is 22.8 Å². The van der Waals surface area contributed by atoms with E-state index < -0.39 is 11.2 Å². The van der Waals surface area contributed by atoms with Crippen molar-refractivity contribution in [2.45, 2.75) is 0 Å². The van der Waals surface area contributed by atoms with Gasteiger partial charge in [-0.2, -0.15) is 4.98 Å². The summed E-state index contributed by atoms with van der Waals surface area (Å²) in [5.41, 5.74) is 0.263. The van der Waals surface area contributed by atoms with Gasteiger partial charge < -0.3 is 4.98 Å². The molecule has 8 heteroatoms. The molecule has 3 aromatic rings. The van der Waals surface area contributed by atoms with Crippen LogP contribution in [0.25, 0.3) is 11.2 Å². The second kappa shape index (κ2) is 4.82. The summed E-state index contributed by atoms with van der Waals surface area (Å²) < 4.78 is 2.30. The van der Waals surface area contributed by atoms with Gasteiger partial charge in [0.25, 0.3) is 5.56 Å². The molecule has 1 N–H and O–H groups in total. The molecular formula is C13H12N6O2. The maximum Gasteiger partial charge on any atom is 0.332 e. The maximum absolute atomic E-state index is 12.0. The van der Waals surface area contributed by atoms with Crippen molar-refractivity contribution in [3.8, 4) is 0 Å². The minimum Gasteiger partial charge on any atom is -0.315 e. The third-order valence-electron chi connectivity index (χ3n) is 3.10. The lowest BCUT2D eigenvalue weighted by atomic mass is 10.3. The van der Waals surface area contributed by atoms with Crippen LogP contribution in [0.3, 0.4) is 0 Å². The molecule has 2 aromatic heterocycles. The van der Waals surface area contributed by atoms with Crippen molar-refractivity contribution in [2.75, 3.05) is 0 Å². The molecule has 0 aliphatic heterocycles. The first kappa shape index (κ1) is 13.0. The van der Waals surface area contributed by atoms with E-state index in [-0.39, 0.29) is 17.1 Å². The Morgan fingerprint density at radius 2 is 1.76 bits per heavy atom. The van der Waals surface area contributed by atoms with Crippen LogP contribution in [0.2, 0.25) is 0 Å². The summed E-state index contributed by atoms with van der Waals surface area (Å²) in [4.78, 5) is 30.7. The van der Waals surface area contributed by atoms with Crippen LogP contribution in [0.4, 0.5) is 11.6 Å². The highest BCUT2D eigenvalue weighted by Gasteiger charge is 2.12. The Balaban J connectivity index is 2.13. The number of rotatable bonds is 2. The summed E-state index contributed by atoms with van der Waals surface area (Å²) in [7, 11) is 2.96. The van der Waals surface area contributed by atoms with Gasteiger partial charge in [-0.3, -0.25) is 13.9 Å². The molecule has 8 nitrogen and oxygen atoms in total. The van der Waals surface area contributed by atoms with Gasteiger partial charge in [0.2, 0.25) is 5.95 Å². The average molecular weight is 284 g/mol. The second-order valence-corrected chi connectivity index (χ2v) is 4.50. The number of nitrogens with one attached hydrogen (secondary N) is 1. The zero-order valence-electron chi connectivity index (χ0n) is 11.4. The van der Waals surface area contributed by atoms with Gasteiger partial charge in [-0.25, -0.2) is 4.79 Å². The lowest BCUT2D eigenvalue weighted by Crippen LogP contribution is -2.36. The lowest BCUT2D eigenvalue weighted by molar-refractivity contribution is 0.709. The van der Waals surface area contributed by atoms with E-state index in [9.17, 15) is 9.59 Å². The minimum atomic E-state index is -0.443. The van der Waals surface area contributed by atoms with E-state index in [1.807, 2.05) is 18.2 Å². The molecule has 0 saturated heterocycles. The predicted molar refractivity (Wildman–Crippen MR) is 77.2 cm³/mol. The summed E-state index contributed by atoms with van der Waals surface area (Å²) in [5.74, 6) is 0.173. The SMILES string of the molecule is Cn1c(=O)c2[nH]c(N=Nc3ccccc3)nc2n(C)c1=O. The quantitative estimate of drug-likeness (QED) is 0.720. The van der Waals surface area contributed by atoms with Crippen molar-refractivity contribution in [3.05, 3.63) is 51.2 Å². The number of aryl methyl sites for hydroxylation is 1. The Hall–Kier alpha value is -3.03. The first-order valence-corrected chi connectivity index (χ1v) is 6.20. The summed E-state index contributed by atoms with van der Waals surface area (Å²) in [6.07, 6.45) is 0. The molecule has 0 saturated carbocycles. The van der Waals surface area contributed by atoms with Crippen molar-refractivity contribution in [1.82, 2.24) is 19.1 Å². The van der Waals surface area contributed by atoms with Crippen LogP contribution in [0, 0.1) is 0 Å². The highest BCUT2D eigenvalue weighted by atomic mass is 16.2. The fourth-order valence-corrected chi connectivity index (χ4v) is 1.96. The molecule has 3 rings (SSSR count). The summed E-state index contributed by atoms with van der Waals surface area (Å²) in [5, 5.41) is 7.96. The Kier molecular flexibility index (Phi) is 2.98. The number of benzene rings is 1. The number of hydrogen-bond acceptors (Lipinski definition) is 5. The van der Waals surface area contributed by atoms with Gasteiger partial charge >= 0.3 is 5.69 Å². The molecule has 0 amide bonds. The Labute approximate surface area is 118 Å². The minimum absolute atomic E-state index is 0.173. The van der Waals surface area contributed by atoms with Crippen molar-refractivity contribution in [3.63, 3.8) is 0 Å². The van der Waals surface area contributed by atoms with E-state index in [1.165, 1.54) is 11.6 Å². The highest BCUT2D eigenvalue weighted by molar-refractivity contribution is 5.71. The van der Waals surface area contributed by atoms with E-state index >= 15 is 0 Å². The number of fused-ring (bicyclic) bond motifs is 1. The monoisotopic (exact) mass is 284 g/mol. The Bertz CT molecular complexity index is 948. The molecular weight excluding hydrogens is 272 g/mol. The molecule has 106 valence electrons. The number of nitrogens with zero attached hydrogens (tertiary/aromatic N) is 5. The smallest absolute Gasteiger partial charge is 0.315 e. The fraction of sp³-hybridized carbons (Fsp3) is 0.154. The van der Waals surface area contributed by atoms with Crippen LogP contribution < -0.4 is 11.2 Å². The van der Waals surface area contributed by atoms with Gasteiger partial charge in [0.1, 0.15) is 0 Å². The van der Waals surface area contributed by atoms with Gasteiger partial charge in [0.05, 0.1) is 5.69 Å². The predicted octanol–water partition coefficient (Wildman–Crippen LogP) is 1.38. The van der Waals surface area contributed by atoms with Crippen LogP contribution in [0.1, 0.15) is 0 Å². The first-order valence-electron chi connectivity index (χ1n) is 6.20. The number of hydrogen-bond donors (Lipinski definition) is 1. The maximum atomic E-state index is 12.0. The third-order valence-corrected chi connectivity index (χ3v) is 3.10. The Morgan fingerprint density at radius 3 is 2.48 bits per heavy atom. The largest absolute Gasteiger partial charge is 0.332 e. The normalized spacial score (nSPS) is 11.5. The molecule has 0 unspecified atom stereocenters. The molecule has 21 heavy (non-hydrogen) atoms. The lowest BCUT2D eigenvalue weighted by Gasteiger charge is -2.00. The van der Waals surface area contributed by atoms with Gasteiger partial charge in [-0.15, -0.1) is 10.2 Å². The van der Waals surface area contributed by atoms with E-state index in [0.29, 0.717) is 5.69 Å². The van der Waals surface area contributed by atoms with Crippen molar-refractivity contribution in [1.29, 1.82) is 0 Å². The van der Waals surface area contributed by atoms with E-state index in [0.717, 1.165) is 4.57 Å². The molecule has 0 aliphatic carbocycles. The van der Waals surface area contributed by atoms with Crippen LogP contribution in [0.5, 0.6) is 0 Å². The molecule has 2 heterocycles. The topological polar surface area (TPSA) is 97.4 Å². The summed E-state index contributed by atoms with van der Waals surface area (Å²) in [6, 6.07) is 9.14. The van der Waals surface area contributed by atoms with Crippen molar-refractivity contribution in [2.24, 2.45) is 24.3 Å². The van der Waals surface area contributed by atoms with Gasteiger partial charge in [-0.1, -0.05) is 18.2 Å². The molecule has 0 aliphatic rings. The van der Waals surface area contributed by atoms with E-state index in [4.69, 9.17) is 0 Å². The van der Waals surface area contributed by atoms with Crippen LogP contribution in [-0.2, 0) is 14.1 Å². The van der Waals surface area contributed by atoms with E-state index in [2.05, 4.69) is 20.2 Å². The number of aromatic amines is 1. The summed E-state index contributed by atoms with van der Waals surface area (Å²) in [6.45, 7) is 0. The molecule has 0 spiro atoms. The average Bonchev–Trinajstić information content (AvgIpc) is 2.94. The molecule has 1 aromatic carbocycles. The summed E-state index contributed by atoms with van der Waals surface area (Å²) >= 11 is 0. The first-order chi connectivity index (χ1) is 10.1. The molecule has 0 bridgehead atoms. The number of aromatic nitrogens is 4. The van der Waals surface area contributed by atoms with Crippen LogP contribution >= 0.6 is 0 Å². The van der Waals surface area contributed by atoms with Crippen LogP contribution in [-0.4, -0.2) is 19.1 Å². The molecule has 0 radical (unpaired) electrons. The molecule has 0 fully saturated rings. The Morgan fingerprint density at radius 1 is 1.05 bits per heavy atom. The zero-order chi connectivity index (χ0) is 15.0. The van der Waals surface area contributed by atoms with Crippen molar-refractivity contribution < 1.29 is 0 Å². The van der Waals surface area contributed by atoms with Crippen LogP contribution in [0.15, 0.2) is 50.1 Å². The third kappa shape index (κ3) is 2.16. The number of imidazole rings is 1. The highest BCUT2D eigenvalue weighted by Crippen LogP contribution is 2.16.